The molecule has 0 saturated heterocycles. The maximum Gasteiger partial charge on any atom is 0.311 e. The highest BCUT2D eigenvalue weighted by Crippen LogP contribution is 2.76. The number of carbonyl (C=O) groups excluding carboxylic acids is 2. The summed E-state index contributed by atoms with van der Waals surface area (Å²) in [5.41, 5.74) is 7.37. The Balaban J connectivity index is 1.27. The van der Waals surface area contributed by atoms with Crippen molar-refractivity contribution >= 4 is 34.6 Å². The molecule has 6 atom stereocenters. The van der Waals surface area contributed by atoms with E-state index >= 15 is 0 Å². The van der Waals surface area contributed by atoms with E-state index in [0.717, 1.165) is 60.8 Å². The van der Waals surface area contributed by atoms with Crippen molar-refractivity contribution in [1.29, 1.82) is 0 Å². The number of nitrogens with one attached hydrogen (secondary N) is 1. The molecule has 2 fully saturated rings. The third-order valence-corrected chi connectivity index (χ3v) is 13.7. The van der Waals surface area contributed by atoms with E-state index in [0.29, 0.717) is 17.4 Å². The molecule has 1 amide bonds. The van der Waals surface area contributed by atoms with Crippen LogP contribution in [0.5, 0.6) is 0 Å². The Hall–Kier alpha value is -3.71. The summed E-state index contributed by atoms with van der Waals surface area (Å²) < 4.78 is 11.7. The molecule has 7 nitrogen and oxygen atoms in total. The molecule has 7 rings (SSSR count). The summed E-state index contributed by atoms with van der Waals surface area (Å²) in [6, 6.07) is 9.42. The van der Waals surface area contributed by atoms with Crippen molar-refractivity contribution in [2.45, 2.75) is 80.1 Å². The number of benzene rings is 2. The van der Waals surface area contributed by atoms with Crippen LogP contribution in [0.2, 0.25) is 0 Å². The molecule has 1 heterocycles. The van der Waals surface area contributed by atoms with Gasteiger partial charge < -0.3 is 19.6 Å². The van der Waals surface area contributed by atoms with Crippen molar-refractivity contribution in [2.75, 3.05) is 20.3 Å². The maximum absolute atomic E-state index is 13.1. The number of amides is 1. The van der Waals surface area contributed by atoms with Crippen LogP contribution in [0.1, 0.15) is 100 Å². The minimum atomic E-state index is -0.444. The van der Waals surface area contributed by atoms with Crippen LogP contribution in [0.25, 0.3) is 34.2 Å². The summed E-state index contributed by atoms with van der Waals surface area (Å²) in [6.07, 6.45) is 13.4. The van der Waals surface area contributed by atoms with Crippen LogP contribution < -0.4 is 5.32 Å². The fourth-order valence-electron chi connectivity index (χ4n) is 10.3. The van der Waals surface area contributed by atoms with Crippen molar-refractivity contribution in [3.05, 3.63) is 64.7 Å². The van der Waals surface area contributed by atoms with Crippen LogP contribution in [0, 0.1) is 39.9 Å². The van der Waals surface area contributed by atoms with Crippen LogP contribution >= 0.6 is 0 Å². The summed E-state index contributed by atoms with van der Waals surface area (Å²) in [5, 5.41) is 11.7. The lowest BCUT2D eigenvalue weighted by Crippen LogP contribution is -2.63. The van der Waals surface area contributed by atoms with Crippen molar-refractivity contribution < 1.29 is 23.8 Å². The molecule has 0 radical (unpaired) electrons. The number of methoxy groups -OCH3 is 1. The Morgan fingerprint density at radius 1 is 1.06 bits per heavy atom. The lowest BCUT2D eigenvalue weighted by Gasteiger charge is -2.70. The van der Waals surface area contributed by atoms with Crippen LogP contribution in [0.15, 0.2) is 46.9 Å². The molecule has 4 aliphatic rings. The molecule has 4 aliphatic carbocycles. The number of esters is 1. The number of oxazole rings is 1. The number of ether oxygens (including phenoxy) is 1. The smallest absolute Gasteiger partial charge is 0.311 e. The third-order valence-electron chi connectivity index (χ3n) is 13.7. The number of aryl methyl sites for hydroxylation is 1. The molecular weight excluding hydrogens is 588 g/mol. The summed E-state index contributed by atoms with van der Waals surface area (Å²) in [5.74, 6) is 0.640. The molecule has 1 aromatic heterocycles. The second-order valence-electron chi connectivity index (χ2n) is 16.0. The summed E-state index contributed by atoms with van der Waals surface area (Å²) in [4.78, 5) is 30.3. The van der Waals surface area contributed by atoms with Gasteiger partial charge in [0.25, 0.3) is 5.91 Å². The quantitative estimate of drug-likeness (QED) is 0.274. The zero-order valence-electron chi connectivity index (χ0n) is 28.9. The number of carbonyl (C=O) groups is 2. The molecule has 0 bridgehead atoms. The van der Waals surface area contributed by atoms with Crippen LogP contribution in [-0.2, 0) is 9.53 Å². The topological polar surface area (TPSA) is 102 Å². The van der Waals surface area contributed by atoms with E-state index < -0.39 is 5.41 Å². The first-order valence-electron chi connectivity index (χ1n) is 17.2. The maximum atomic E-state index is 13.1. The molecule has 248 valence electrons. The van der Waals surface area contributed by atoms with Crippen molar-refractivity contribution in [3.63, 3.8) is 0 Å². The van der Waals surface area contributed by atoms with Gasteiger partial charge in [-0.1, -0.05) is 45.9 Å². The molecule has 7 heteroatoms. The van der Waals surface area contributed by atoms with Gasteiger partial charge in [0, 0.05) is 28.7 Å². The number of fused-ring (bicyclic) bond motifs is 8. The Labute approximate surface area is 277 Å². The van der Waals surface area contributed by atoms with E-state index in [1.807, 2.05) is 12.1 Å². The highest BCUT2D eigenvalue weighted by atomic mass is 16.5. The normalized spacial score (nSPS) is 34.0. The van der Waals surface area contributed by atoms with Gasteiger partial charge in [-0.15, -0.1) is 0 Å². The van der Waals surface area contributed by atoms with Gasteiger partial charge in [0.2, 0.25) is 5.89 Å². The van der Waals surface area contributed by atoms with Crippen molar-refractivity contribution in [2.24, 2.45) is 33.0 Å². The van der Waals surface area contributed by atoms with Gasteiger partial charge in [-0.25, -0.2) is 4.98 Å². The van der Waals surface area contributed by atoms with Crippen LogP contribution in [0.4, 0.5) is 0 Å². The Bertz CT molecular complexity index is 1850. The lowest BCUT2D eigenvalue weighted by molar-refractivity contribution is -0.190. The fourth-order valence-corrected chi connectivity index (χ4v) is 10.3. The van der Waals surface area contributed by atoms with Crippen molar-refractivity contribution in [1.82, 2.24) is 10.3 Å². The molecule has 0 unspecified atom stereocenters. The molecule has 47 heavy (non-hydrogen) atoms. The molecule has 3 aromatic rings. The number of aromatic nitrogens is 1. The first-order chi connectivity index (χ1) is 22.2. The molecule has 0 aliphatic heterocycles. The molecule has 0 spiro atoms. The Morgan fingerprint density at radius 3 is 2.49 bits per heavy atom. The van der Waals surface area contributed by atoms with Gasteiger partial charge in [0.05, 0.1) is 19.1 Å². The lowest BCUT2D eigenvalue weighted by atomic mass is 9.33. The molecule has 2 aromatic carbocycles. The van der Waals surface area contributed by atoms with Gasteiger partial charge in [0.15, 0.2) is 5.58 Å². The summed E-state index contributed by atoms with van der Waals surface area (Å²) in [6.45, 7) is 14.3. The van der Waals surface area contributed by atoms with Gasteiger partial charge in [0.1, 0.15) is 5.52 Å². The fraction of sp³-hybridized carbons (Fsp3) is 0.525. The second-order valence-corrected chi connectivity index (χ2v) is 16.0. The van der Waals surface area contributed by atoms with E-state index in [-0.39, 0.29) is 46.7 Å². The third kappa shape index (κ3) is 4.37. The summed E-state index contributed by atoms with van der Waals surface area (Å²) >= 11 is 0. The minimum absolute atomic E-state index is 0.0111. The average molecular weight is 637 g/mol. The standard InChI is InChI=1S/C40H48N2O5/c1-24-27-12-14-38(4)29(13-15-39(5)31-23-37(3,35(45)46-7)17-16-36(31,2)18-19-40(38,39)6)28(27)22-30-32(24)47-34(42-30)26-10-8-25(9-11-26)33(44)41-20-21-43/h8-14,22,31,43H,15-21,23H2,1-7H3,(H,41,44)/t31-,36+,37+,38+,39-,40+/m0/s1. The second kappa shape index (κ2) is 10.6. The predicted molar refractivity (Wildman–Crippen MR) is 184 cm³/mol. The van der Waals surface area contributed by atoms with E-state index in [1.54, 1.807) is 12.1 Å². The van der Waals surface area contributed by atoms with Gasteiger partial charge >= 0.3 is 5.97 Å². The van der Waals surface area contributed by atoms with Crippen LogP contribution in [-0.4, -0.2) is 42.2 Å². The van der Waals surface area contributed by atoms with E-state index in [2.05, 4.69) is 71.2 Å². The zero-order chi connectivity index (χ0) is 33.6. The SMILES string of the molecule is COC(=O)[C@]1(C)CC[C@]2(C)CC[C@@]3(C)[C@@](C)(CC=C4c5cc6nc(-c7ccc(C(=O)NCCO)cc7)oc6c(C)c5C=C[C@]43C)[C@H]2C1. The van der Waals surface area contributed by atoms with E-state index in [4.69, 9.17) is 19.2 Å². The number of nitrogens with zero attached hydrogens (tertiary/aromatic N) is 1. The zero-order valence-corrected chi connectivity index (χ0v) is 28.9. The number of rotatable bonds is 5. The largest absolute Gasteiger partial charge is 0.469 e. The van der Waals surface area contributed by atoms with E-state index in [9.17, 15) is 9.59 Å². The molecule has 2 saturated carbocycles. The highest BCUT2D eigenvalue weighted by molar-refractivity contribution is 5.95. The van der Waals surface area contributed by atoms with Crippen molar-refractivity contribution in [3.8, 4) is 11.5 Å². The molecular formula is C40H48N2O5. The highest BCUT2D eigenvalue weighted by Gasteiger charge is 2.68. The average Bonchev–Trinajstić information content (AvgIpc) is 3.50. The Kier molecular flexibility index (Phi) is 7.22. The molecule has 2 N–H and O–H groups in total. The van der Waals surface area contributed by atoms with Gasteiger partial charge in [-0.05, 0) is 122 Å². The van der Waals surface area contributed by atoms with Gasteiger partial charge in [-0.2, -0.15) is 0 Å². The minimum Gasteiger partial charge on any atom is -0.469 e. The number of aliphatic hydroxyl groups is 1. The number of allylic oxidation sites excluding steroid dienone is 3. The van der Waals surface area contributed by atoms with E-state index in [1.165, 1.54) is 23.8 Å². The first-order valence-corrected chi connectivity index (χ1v) is 17.2. The van der Waals surface area contributed by atoms with Gasteiger partial charge in [-0.3, -0.25) is 9.59 Å². The first kappa shape index (κ1) is 31.9. The Morgan fingerprint density at radius 2 is 1.79 bits per heavy atom. The predicted octanol–water partition coefficient (Wildman–Crippen LogP) is 8.14. The number of aliphatic hydroxyl groups excluding tert-OH is 1. The summed E-state index contributed by atoms with van der Waals surface area (Å²) in [7, 11) is 1.53. The number of hydrogen-bond acceptors (Lipinski definition) is 6. The number of hydrogen-bond donors (Lipinski definition) is 2. The van der Waals surface area contributed by atoms with Crippen LogP contribution in [0.3, 0.4) is 0 Å². The monoisotopic (exact) mass is 636 g/mol.